The summed E-state index contributed by atoms with van der Waals surface area (Å²) in [4.78, 5) is 8.10. The summed E-state index contributed by atoms with van der Waals surface area (Å²) in [6, 6.07) is 31.7. The number of aliphatic imine (C=N–C) groups is 1. The lowest BCUT2D eigenvalue weighted by molar-refractivity contribution is 0.518. The molecule has 0 atom stereocenters. The maximum absolute atomic E-state index is 6.69. The highest BCUT2D eigenvalue weighted by Gasteiger charge is 2.28. The Bertz CT molecular complexity index is 3720. The summed E-state index contributed by atoms with van der Waals surface area (Å²) in [5.74, 6) is 1.86. The second kappa shape index (κ2) is 15.1. The summed E-state index contributed by atoms with van der Waals surface area (Å²) >= 11 is 0. The van der Waals surface area contributed by atoms with Crippen LogP contribution in [0.15, 0.2) is 191 Å². The van der Waals surface area contributed by atoms with Gasteiger partial charge in [0, 0.05) is 79.4 Å². The van der Waals surface area contributed by atoms with E-state index in [2.05, 4.69) is 209 Å². The number of anilines is 1. The molecule has 5 heterocycles. The zero-order chi connectivity index (χ0) is 43.0. The van der Waals surface area contributed by atoms with E-state index in [0.717, 1.165) is 83.2 Å². The lowest BCUT2D eigenvalue weighted by Gasteiger charge is -2.34. The lowest BCUT2D eigenvalue weighted by Crippen LogP contribution is -2.27. The molecular formula is C60H46N4O. The molecule has 4 aromatic carbocycles. The highest BCUT2D eigenvalue weighted by atomic mass is 16.3. The third-order valence-corrected chi connectivity index (χ3v) is 13.8. The van der Waals surface area contributed by atoms with Crippen LogP contribution in [0.25, 0.3) is 73.6 Å². The molecule has 7 aromatic rings. The standard InChI is InChI=1S/C60H46N4O/c1-39-31-33-46-43-20-10-13-27-54(43)63(56(46)34-32-39)42-18-16-17-41(36-42)62-38-40-35-51-45-21-11-14-28-55(45)64(57(51)37-50(40)44-19-4-2-6-26-53(44)62)59-30-15-12-25-52(61-59)49-24-9-8-23-48-47-22-5-3-7-29-58(47)65-60(48)49/h3-14,16-21,23,25-33,35-37H,2,15,22,24,34,38H2,1H3. The SMILES string of the molecule is CC1=CCc2c(c3ccccc3n2-c2cccc(N3Cc4cc5c6ccccc6n(C6=CCC=CC(C7=c8oc9c(c8=CC=CC7)CC=CC=C9)=N6)c5cc4C4=C3C=CCC=C4)c2)C=C1. The zero-order valence-electron chi connectivity index (χ0n) is 36.3. The number of aromatic nitrogens is 2. The zero-order valence-corrected chi connectivity index (χ0v) is 36.3. The van der Waals surface area contributed by atoms with Gasteiger partial charge in [0.25, 0.3) is 0 Å². The molecule has 0 amide bonds. The summed E-state index contributed by atoms with van der Waals surface area (Å²) in [6.45, 7) is 2.94. The van der Waals surface area contributed by atoms with Gasteiger partial charge in [-0.1, -0.05) is 127 Å². The van der Waals surface area contributed by atoms with Crippen LogP contribution in [0, 0.1) is 0 Å². The minimum atomic E-state index is 0.737. The van der Waals surface area contributed by atoms with Crippen LogP contribution in [0.3, 0.4) is 0 Å². The molecule has 0 unspecified atom stereocenters. The van der Waals surface area contributed by atoms with E-state index >= 15 is 0 Å². The quantitative estimate of drug-likeness (QED) is 0.177. The second-order valence-electron chi connectivity index (χ2n) is 17.7. The van der Waals surface area contributed by atoms with Gasteiger partial charge in [-0.2, -0.15) is 0 Å². The molecule has 4 aliphatic carbocycles. The fourth-order valence-electron chi connectivity index (χ4n) is 10.8. The molecule has 0 saturated carbocycles. The summed E-state index contributed by atoms with van der Waals surface area (Å²) in [5, 5.41) is 4.90. The Morgan fingerprint density at radius 2 is 1.45 bits per heavy atom. The first-order chi connectivity index (χ1) is 32.2. The van der Waals surface area contributed by atoms with Gasteiger partial charge < -0.3 is 13.9 Å². The smallest absolute Gasteiger partial charge is 0.140 e. The summed E-state index contributed by atoms with van der Waals surface area (Å²) < 4.78 is 11.6. The van der Waals surface area contributed by atoms with Crippen molar-refractivity contribution >= 4 is 79.3 Å². The molecule has 13 rings (SSSR count). The average Bonchev–Trinajstić information content (AvgIpc) is 3.56. The van der Waals surface area contributed by atoms with Crippen molar-refractivity contribution in [1.82, 2.24) is 9.13 Å². The first-order valence-electron chi connectivity index (χ1n) is 23.0. The molecule has 2 aliphatic heterocycles. The van der Waals surface area contributed by atoms with Gasteiger partial charge in [-0.05, 0) is 111 Å². The van der Waals surface area contributed by atoms with Crippen LogP contribution in [0.2, 0.25) is 0 Å². The Hall–Kier alpha value is -7.89. The molecule has 312 valence electrons. The third kappa shape index (κ3) is 6.10. The van der Waals surface area contributed by atoms with Gasteiger partial charge in [0.2, 0.25) is 0 Å². The number of rotatable bonds is 4. The van der Waals surface area contributed by atoms with Crippen LogP contribution in [-0.2, 0) is 19.4 Å². The predicted molar refractivity (Wildman–Crippen MR) is 272 cm³/mol. The van der Waals surface area contributed by atoms with Gasteiger partial charge in [0.15, 0.2) is 0 Å². The van der Waals surface area contributed by atoms with Crippen molar-refractivity contribution in [3.8, 4) is 5.69 Å². The van der Waals surface area contributed by atoms with E-state index in [1.165, 1.54) is 77.8 Å². The fourth-order valence-corrected chi connectivity index (χ4v) is 10.8. The fraction of sp³-hybridized carbons (Fsp3) is 0.117. The average molecular weight is 839 g/mol. The highest BCUT2D eigenvalue weighted by molar-refractivity contribution is 6.26. The topological polar surface area (TPSA) is 38.6 Å². The Morgan fingerprint density at radius 1 is 0.615 bits per heavy atom. The first-order valence-corrected chi connectivity index (χ1v) is 23.0. The Morgan fingerprint density at radius 3 is 2.38 bits per heavy atom. The molecule has 0 radical (unpaired) electrons. The van der Waals surface area contributed by atoms with Gasteiger partial charge in [-0.3, -0.25) is 4.57 Å². The number of allylic oxidation sites excluding steroid dienone is 16. The minimum absolute atomic E-state index is 0.737. The Balaban J connectivity index is 0.960. The van der Waals surface area contributed by atoms with E-state index in [4.69, 9.17) is 9.41 Å². The number of benzene rings is 4. The van der Waals surface area contributed by atoms with Crippen molar-refractivity contribution < 1.29 is 4.42 Å². The maximum atomic E-state index is 6.69. The van der Waals surface area contributed by atoms with Crippen LogP contribution < -0.4 is 15.5 Å². The molecule has 5 heteroatoms. The molecule has 0 N–H and O–H groups in total. The van der Waals surface area contributed by atoms with Crippen molar-refractivity contribution in [3.63, 3.8) is 0 Å². The van der Waals surface area contributed by atoms with Crippen molar-refractivity contribution in [3.05, 3.63) is 226 Å². The monoisotopic (exact) mass is 838 g/mol. The summed E-state index contributed by atoms with van der Waals surface area (Å²) in [6.07, 6.45) is 42.0. The number of fused-ring (bicyclic) bond motifs is 11. The van der Waals surface area contributed by atoms with Crippen LogP contribution in [0.5, 0.6) is 0 Å². The molecule has 3 aromatic heterocycles. The molecule has 65 heavy (non-hydrogen) atoms. The number of furan rings is 1. The van der Waals surface area contributed by atoms with E-state index in [1.54, 1.807) is 0 Å². The van der Waals surface area contributed by atoms with Gasteiger partial charge in [-0.15, -0.1) is 0 Å². The molecular weight excluding hydrogens is 793 g/mol. The molecule has 0 spiro atoms. The van der Waals surface area contributed by atoms with Crippen molar-refractivity contribution in [1.29, 1.82) is 0 Å². The summed E-state index contributed by atoms with van der Waals surface area (Å²) in [7, 11) is 0. The van der Waals surface area contributed by atoms with E-state index in [0.29, 0.717) is 0 Å². The first kappa shape index (κ1) is 37.6. The van der Waals surface area contributed by atoms with Crippen LogP contribution in [-0.4, -0.2) is 14.8 Å². The van der Waals surface area contributed by atoms with Crippen molar-refractivity contribution in [2.75, 3.05) is 4.90 Å². The van der Waals surface area contributed by atoms with Crippen LogP contribution >= 0.6 is 0 Å². The number of hydrogen-bond acceptors (Lipinski definition) is 3. The summed E-state index contributed by atoms with van der Waals surface area (Å²) in [5.41, 5.74) is 19.0. The minimum Gasteiger partial charge on any atom is -0.456 e. The molecule has 6 aliphatic rings. The van der Waals surface area contributed by atoms with Gasteiger partial charge >= 0.3 is 0 Å². The van der Waals surface area contributed by atoms with Gasteiger partial charge in [-0.25, -0.2) is 4.99 Å². The normalized spacial score (nSPS) is 17.4. The second-order valence-corrected chi connectivity index (χ2v) is 17.7. The van der Waals surface area contributed by atoms with Crippen molar-refractivity contribution in [2.45, 2.75) is 45.6 Å². The highest BCUT2D eigenvalue weighted by Crippen LogP contribution is 2.43. The molecule has 0 bridgehead atoms. The van der Waals surface area contributed by atoms with E-state index in [1.807, 2.05) is 0 Å². The Labute approximate surface area is 378 Å². The number of nitrogens with zero attached hydrogens (tertiary/aromatic N) is 4. The number of hydrogen-bond donors (Lipinski definition) is 0. The van der Waals surface area contributed by atoms with Gasteiger partial charge in [0.1, 0.15) is 17.0 Å². The Kier molecular flexibility index (Phi) is 8.77. The maximum Gasteiger partial charge on any atom is 0.140 e. The molecule has 0 saturated heterocycles. The van der Waals surface area contributed by atoms with E-state index < -0.39 is 0 Å². The van der Waals surface area contributed by atoms with Crippen molar-refractivity contribution in [2.24, 2.45) is 4.99 Å². The largest absolute Gasteiger partial charge is 0.456 e. The van der Waals surface area contributed by atoms with E-state index in [-0.39, 0.29) is 0 Å². The van der Waals surface area contributed by atoms with Crippen LogP contribution in [0.4, 0.5) is 5.69 Å². The van der Waals surface area contributed by atoms with E-state index in [9.17, 15) is 0 Å². The third-order valence-electron chi connectivity index (χ3n) is 13.8. The molecule has 0 fully saturated rings. The lowest BCUT2D eigenvalue weighted by atomic mass is 9.91. The predicted octanol–water partition coefficient (Wildman–Crippen LogP) is 13.0. The number of para-hydroxylation sites is 2. The molecule has 5 nitrogen and oxygen atoms in total. The van der Waals surface area contributed by atoms with Gasteiger partial charge in [0.05, 0.1) is 22.3 Å². The van der Waals surface area contributed by atoms with Crippen LogP contribution in [0.1, 0.15) is 59.9 Å².